The van der Waals surface area contributed by atoms with Crippen LogP contribution in [0.2, 0.25) is 0 Å². The van der Waals surface area contributed by atoms with Gasteiger partial charge in [0.15, 0.2) is 0 Å². The van der Waals surface area contributed by atoms with Crippen molar-refractivity contribution in [2.24, 2.45) is 5.92 Å². The summed E-state index contributed by atoms with van der Waals surface area (Å²) in [5, 5.41) is 10.0. The number of aliphatic hydroxyl groups excluding tert-OH is 1. The summed E-state index contributed by atoms with van der Waals surface area (Å²) in [5.74, 6) is 0.839. The lowest BCUT2D eigenvalue weighted by Crippen LogP contribution is -2.49. The molecule has 0 amide bonds. The predicted molar refractivity (Wildman–Crippen MR) is 69.1 cm³/mol. The number of morpholine rings is 1. The fourth-order valence-corrected chi connectivity index (χ4v) is 3.32. The lowest BCUT2D eigenvalue weighted by molar-refractivity contribution is -0.0257. The molecule has 3 heteroatoms. The molecule has 0 spiro atoms. The van der Waals surface area contributed by atoms with E-state index in [9.17, 15) is 5.11 Å². The van der Waals surface area contributed by atoms with Gasteiger partial charge in [0.25, 0.3) is 0 Å². The summed E-state index contributed by atoms with van der Waals surface area (Å²) < 4.78 is 5.40. The molecule has 2 rings (SSSR count). The molecule has 2 unspecified atom stereocenters. The van der Waals surface area contributed by atoms with Crippen LogP contribution < -0.4 is 0 Å². The zero-order chi connectivity index (χ0) is 12.1. The third kappa shape index (κ3) is 3.94. The van der Waals surface area contributed by atoms with E-state index in [0.717, 1.165) is 32.2 Å². The van der Waals surface area contributed by atoms with E-state index in [2.05, 4.69) is 4.90 Å². The van der Waals surface area contributed by atoms with Crippen molar-refractivity contribution in [1.29, 1.82) is 0 Å². The number of ether oxygens (including phenoxy) is 1. The first-order chi connectivity index (χ1) is 8.27. The number of rotatable bonds is 4. The molecular weight excluding hydrogens is 214 g/mol. The first kappa shape index (κ1) is 13.3. The zero-order valence-corrected chi connectivity index (χ0v) is 11.1. The van der Waals surface area contributed by atoms with Gasteiger partial charge in [-0.05, 0) is 19.3 Å². The van der Waals surface area contributed by atoms with Crippen LogP contribution in [0.1, 0.15) is 45.4 Å². The van der Waals surface area contributed by atoms with Crippen molar-refractivity contribution < 1.29 is 9.84 Å². The average molecular weight is 241 g/mol. The monoisotopic (exact) mass is 241 g/mol. The number of nitrogens with zero attached hydrogens (tertiary/aromatic N) is 1. The molecule has 0 aromatic rings. The Balaban J connectivity index is 1.86. The minimum atomic E-state index is -0.213. The second kappa shape index (κ2) is 6.72. The molecule has 3 nitrogen and oxygen atoms in total. The van der Waals surface area contributed by atoms with Crippen molar-refractivity contribution in [3.8, 4) is 0 Å². The lowest BCUT2D eigenvalue weighted by atomic mass is 9.83. The van der Waals surface area contributed by atoms with Crippen LogP contribution in [0.4, 0.5) is 0 Å². The van der Waals surface area contributed by atoms with E-state index in [1.54, 1.807) is 0 Å². The van der Waals surface area contributed by atoms with Gasteiger partial charge in [0.05, 0.1) is 19.3 Å². The number of hydrogen-bond donors (Lipinski definition) is 1. The molecule has 0 radical (unpaired) electrons. The Labute approximate surface area is 105 Å². The van der Waals surface area contributed by atoms with Crippen molar-refractivity contribution in [2.75, 3.05) is 26.3 Å². The second-order valence-electron chi connectivity index (χ2n) is 5.70. The van der Waals surface area contributed by atoms with E-state index in [0.29, 0.717) is 6.04 Å². The van der Waals surface area contributed by atoms with Gasteiger partial charge < -0.3 is 9.84 Å². The average Bonchev–Trinajstić information content (AvgIpc) is 2.38. The molecule has 1 aliphatic heterocycles. The van der Waals surface area contributed by atoms with Gasteiger partial charge >= 0.3 is 0 Å². The first-order valence-corrected chi connectivity index (χ1v) is 7.27. The van der Waals surface area contributed by atoms with Crippen molar-refractivity contribution in [2.45, 2.75) is 57.6 Å². The van der Waals surface area contributed by atoms with Crippen molar-refractivity contribution in [3.05, 3.63) is 0 Å². The molecule has 17 heavy (non-hydrogen) atoms. The molecule has 0 bridgehead atoms. The quantitative estimate of drug-likeness (QED) is 0.817. The number of hydrogen-bond acceptors (Lipinski definition) is 3. The van der Waals surface area contributed by atoms with Gasteiger partial charge in [-0.2, -0.15) is 0 Å². The van der Waals surface area contributed by atoms with Gasteiger partial charge in [-0.15, -0.1) is 0 Å². The highest BCUT2D eigenvalue weighted by Gasteiger charge is 2.28. The summed E-state index contributed by atoms with van der Waals surface area (Å²) in [5.41, 5.74) is 0. The van der Waals surface area contributed by atoms with E-state index in [1.165, 1.54) is 38.5 Å². The standard InChI is InChI=1S/C14H27NO2/c1-12(16)14(15-7-9-17-10-8-15)11-13-5-3-2-4-6-13/h12-14,16H,2-11H2,1H3. The summed E-state index contributed by atoms with van der Waals surface area (Å²) in [6.45, 7) is 5.58. The van der Waals surface area contributed by atoms with Crippen LogP contribution in [0.25, 0.3) is 0 Å². The fraction of sp³-hybridized carbons (Fsp3) is 1.00. The van der Waals surface area contributed by atoms with Crippen molar-refractivity contribution in [3.63, 3.8) is 0 Å². The molecule has 1 saturated heterocycles. The SMILES string of the molecule is CC(O)C(CC1CCCCC1)N1CCOCC1. The molecule has 0 aromatic heterocycles. The highest BCUT2D eigenvalue weighted by molar-refractivity contribution is 4.82. The maximum Gasteiger partial charge on any atom is 0.0667 e. The van der Waals surface area contributed by atoms with Gasteiger partial charge in [-0.25, -0.2) is 0 Å². The Morgan fingerprint density at radius 3 is 2.41 bits per heavy atom. The maximum atomic E-state index is 10.0. The third-order valence-electron chi connectivity index (χ3n) is 4.37. The number of aliphatic hydroxyl groups is 1. The van der Waals surface area contributed by atoms with Crippen LogP contribution in [-0.2, 0) is 4.74 Å². The molecule has 0 aromatic carbocycles. The summed E-state index contributed by atoms with van der Waals surface area (Å²) in [6.07, 6.45) is 7.89. The van der Waals surface area contributed by atoms with Crippen molar-refractivity contribution >= 4 is 0 Å². The summed E-state index contributed by atoms with van der Waals surface area (Å²) in [7, 11) is 0. The molecule has 1 aliphatic carbocycles. The minimum absolute atomic E-state index is 0.213. The Morgan fingerprint density at radius 2 is 1.82 bits per heavy atom. The fourth-order valence-electron chi connectivity index (χ4n) is 3.32. The van der Waals surface area contributed by atoms with E-state index in [1.807, 2.05) is 6.92 Å². The van der Waals surface area contributed by atoms with E-state index in [4.69, 9.17) is 4.74 Å². The van der Waals surface area contributed by atoms with Gasteiger partial charge in [-0.1, -0.05) is 32.1 Å². The lowest BCUT2D eigenvalue weighted by Gasteiger charge is -2.38. The molecule has 1 saturated carbocycles. The molecule has 2 aliphatic rings. The minimum Gasteiger partial charge on any atom is -0.392 e. The Morgan fingerprint density at radius 1 is 1.18 bits per heavy atom. The molecule has 100 valence electrons. The second-order valence-corrected chi connectivity index (χ2v) is 5.70. The Kier molecular flexibility index (Phi) is 5.26. The van der Waals surface area contributed by atoms with E-state index in [-0.39, 0.29) is 6.10 Å². The van der Waals surface area contributed by atoms with E-state index < -0.39 is 0 Å². The Bertz CT molecular complexity index is 208. The molecule has 2 atom stereocenters. The molecule has 1 N–H and O–H groups in total. The third-order valence-corrected chi connectivity index (χ3v) is 4.37. The predicted octanol–water partition coefficient (Wildman–Crippen LogP) is 2.04. The largest absolute Gasteiger partial charge is 0.392 e. The van der Waals surface area contributed by atoms with E-state index >= 15 is 0 Å². The first-order valence-electron chi connectivity index (χ1n) is 7.27. The highest BCUT2D eigenvalue weighted by atomic mass is 16.5. The van der Waals surface area contributed by atoms with Gasteiger partial charge in [-0.3, -0.25) is 4.90 Å². The van der Waals surface area contributed by atoms with Gasteiger partial charge in [0, 0.05) is 19.1 Å². The summed E-state index contributed by atoms with van der Waals surface area (Å²) in [4.78, 5) is 2.43. The van der Waals surface area contributed by atoms with Crippen LogP contribution in [-0.4, -0.2) is 48.5 Å². The van der Waals surface area contributed by atoms with Crippen LogP contribution in [0, 0.1) is 5.92 Å². The smallest absolute Gasteiger partial charge is 0.0667 e. The van der Waals surface area contributed by atoms with Crippen LogP contribution in [0.3, 0.4) is 0 Å². The summed E-state index contributed by atoms with van der Waals surface area (Å²) in [6, 6.07) is 0.349. The highest BCUT2D eigenvalue weighted by Crippen LogP contribution is 2.29. The molecule has 1 heterocycles. The topological polar surface area (TPSA) is 32.7 Å². The van der Waals surface area contributed by atoms with Crippen LogP contribution in [0.15, 0.2) is 0 Å². The normalized spacial score (nSPS) is 27.9. The van der Waals surface area contributed by atoms with Gasteiger partial charge in [0.1, 0.15) is 0 Å². The Hall–Kier alpha value is -0.120. The zero-order valence-electron chi connectivity index (χ0n) is 11.1. The molecule has 2 fully saturated rings. The van der Waals surface area contributed by atoms with Crippen molar-refractivity contribution in [1.82, 2.24) is 4.90 Å². The van der Waals surface area contributed by atoms with Gasteiger partial charge in [0.2, 0.25) is 0 Å². The summed E-state index contributed by atoms with van der Waals surface area (Å²) >= 11 is 0. The molecular formula is C14H27NO2. The van der Waals surface area contributed by atoms with Crippen LogP contribution >= 0.6 is 0 Å². The maximum absolute atomic E-state index is 10.0. The van der Waals surface area contributed by atoms with Crippen LogP contribution in [0.5, 0.6) is 0 Å².